The number of carbonyl (C=O) groups is 1. The summed E-state index contributed by atoms with van der Waals surface area (Å²) in [4.78, 5) is 15.0. The summed E-state index contributed by atoms with van der Waals surface area (Å²) in [6.45, 7) is 2.05. The molecule has 0 atom stereocenters. The molecule has 0 saturated carbocycles. The number of nitrogens with zero attached hydrogens (tertiary/aromatic N) is 1. The Labute approximate surface area is 135 Å². The second-order valence-corrected chi connectivity index (χ2v) is 6.36. The molecule has 2 rings (SSSR count). The van der Waals surface area contributed by atoms with Gasteiger partial charge in [-0.2, -0.15) is 0 Å². The molecule has 1 amide bonds. The second-order valence-electron chi connectivity index (χ2n) is 5.33. The fourth-order valence-electron chi connectivity index (χ4n) is 1.93. The maximum atomic E-state index is 11.9. The van der Waals surface area contributed by atoms with E-state index >= 15 is 0 Å². The Balaban J connectivity index is 1.78. The highest BCUT2D eigenvalue weighted by Crippen LogP contribution is 2.13. The average Bonchev–Trinajstić information content (AvgIpc) is 2.98. The molecule has 1 heterocycles. The molecule has 0 fully saturated rings. The number of ether oxygens (including phenoxy) is 1. The van der Waals surface area contributed by atoms with Crippen molar-refractivity contribution in [3.63, 3.8) is 0 Å². The van der Waals surface area contributed by atoms with E-state index in [0.29, 0.717) is 19.6 Å². The Morgan fingerprint density at radius 3 is 2.86 bits per heavy atom. The van der Waals surface area contributed by atoms with Crippen LogP contribution in [0.3, 0.4) is 0 Å². The molecule has 5 heteroatoms. The summed E-state index contributed by atoms with van der Waals surface area (Å²) in [6.07, 6.45) is 0.441. The highest BCUT2D eigenvalue weighted by atomic mass is 32.1. The lowest BCUT2D eigenvalue weighted by atomic mass is 10.2. The van der Waals surface area contributed by atoms with Crippen LogP contribution in [0.2, 0.25) is 0 Å². The summed E-state index contributed by atoms with van der Waals surface area (Å²) in [6, 6.07) is 11.8. The van der Waals surface area contributed by atoms with Crippen molar-refractivity contribution in [1.29, 1.82) is 0 Å². The van der Waals surface area contributed by atoms with Gasteiger partial charge in [-0.25, -0.2) is 0 Å². The third-order valence-corrected chi connectivity index (χ3v) is 3.99. The van der Waals surface area contributed by atoms with Gasteiger partial charge in [0.1, 0.15) is 12.4 Å². The SMILES string of the molecule is CN(C)CCOc1cccc(CNC(=O)Cc2cccs2)c1. The van der Waals surface area contributed by atoms with Crippen molar-refractivity contribution in [2.45, 2.75) is 13.0 Å². The molecule has 0 aliphatic carbocycles. The number of rotatable bonds is 8. The van der Waals surface area contributed by atoms with Crippen molar-refractivity contribution in [2.75, 3.05) is 27.2 Å². The number of carbonyl (C=O) groups excluding carboxylic acids is 1. The minimum absolute atomic E-state index is 0.0429. The van der Waals surface area contributed by atoms with Gasteiger partial charge in [0.15, 0.2) is 0 Å². The van der Waals surface area contributed by atoms with Gasteiger partial charge < -0.3 is 15.0 Å². The number of nitrogens with one attached hydrogen (secondary N) is 1. The molecule has 4 nitrogen and oxygen atoms in total. The van der Waals surface area contributed by atoms with Gasteiger partial charge >= 0.3 is 0 Å². The Morgan fingerprint density at radius 2 is 2.14 bits per heavy atom. The molecule has 0 spiro atoms. The van der Waals surface area contributed by atoms with Gasteiger partial charge in [-0.15, -0.1) is 11.3 Å². The van der Waals surface area contributed by atoms with E-state index in [9.17, 15) is 4.79 Å². The van der Waals surface area contributed by atoms with Crippen LogP contribution in [0.4, 0.5) is 0 Å². The number of hydrogen-bond acceptors (Lipinski definition) is 4. The van der Waals surface area contributed by atoms with Crippen LogP contribution in [0, 0.1) is 0 Å². The highest BCUT2D eigenvalue weighted by Gasteiger charge is 2.04. The van der Waals surface area contributed by atoms with Crippen molar-refractivity contribution < 1.29 is 9.53 Å². The van der Waals surface area contributed by atoms with Crippen molar-refractivity contribution in [3.8, 4) is 5.75 Å². The first-order valence-corrected chi connectivity index (χ1v) is 8.17. The molecule has 22 heavy (non-hydrogen) atoms. The van der Waals surface area contributed by atoms with Crippen LogP contribution in [0.15, 0.2) is 41.8 Å². The second kappa shape index (κ2) is 8.56. The lowest BCUT2D eigenvalue weighted by Crippen LogP contribution is -2.24. The standard InChI is InChI=1S/C17H22N2O2S/c1-19(2)8-9-21-15-6-3-5-14(11-15)13-18-17(20)12-16-7-4-10-22-16/h3-7,10-11H,8-9,12-13H2,1-2H3,(H,18,20). The summed E-state index contributed by atoms with van der Waals surface area (Å²) in [5, 5.41) is 4.93. The van der Waals surface area contributed by atoms with Gasteiger partial charge in [0.05, 0.1) is 6.42 Å². The van der Waals surface area contributed by atoms with Crippen molar-refractivity contribution in [3.05, 3.63) is 52.2 Å². The van der Waals surface area contributed by atoms with E-state index in [1.165, 1.54) is 0 Å². The molecule has 0 saturated heterocycles. The predicted octanol–water partition coefficient (Wildman–Crippen LogP) is 2.55. The molecule has 0 aliphatic heterocycles. The molecule has 0 unspecified atom stereocenters. The van der Waals surface area contributed by atoms with Crippen molar-refractivity contribution >= 4 is 17.2 Å². The Hall–Kier alpha value is -1.85. The minimum Gasteiger partial charge on any atom is -0.492 e. The first kappa shape index (κ1) is 16.5. The quantitative estimate of drug-likeness (QED) is 0.813. The number of benzene rings is 1. The number of amides is 1. The van der Waals surface area contributed by atoms with Crippen LogP contribution in [0.1, 0.15) is 10.4 Å². The Morgan fingerprint density at radius 1 is 1.27 bits per heavy atom. The summed E-state index contributed by atoms with van der Waals surface area (Å²) in [5.41, 5.74) is 1.04. The molecule has 2 aromatic rings. The molecule has 0 radical (unpaired) electrons. The van der Waals surface area contributed by atoms with Crippen LogP contribution in [-0.2, 0) is 17.8 Å². The maximum Gasteiger partial charge on any atom is 0.225 e. The highest BCUT2D eigenvalue weighted by molar-refractivity contribution is 7.10. The fourth-order valence-corrected chi connectivity index (χ4v) is 2.63. The third-order valence-electron chi connectivity index (χ3n) is 3.11. The van der Waals surface area contributed by atoms with E-state index in [1.807, 2.05) is 55.9 Å². The third kappa shape index (κ3) is 5.87. The van der Waals surface area contributed by atoms with Crippen LogP contribution >= 0.6 is 11.3 Å². The van der Waals surface area contributed by atoms with E-state index in [0.717, 1.165) is 22.7 Å². The number of thiophene rings is 1. The topological polar surface area (TPSA) is 41.6 Å². The average molecular weight is 318 g/mol. The molecule has 118 valence electrons. The summed E-state index contributed by atoms with van der Waals surface area (Å²) >= 11 is 1.60. The van der Waals surface area contributed by atoms with E-state index in [1.54, 1.807) is 11.3 Å². The van der Waals surface area contributed by atoms with Gasteiger partial charge in [0, 0.05) is 18.0 Å². The van der Waals surface area contributed by atoms with Gasteiger partial charge in [-0.1, -0.05) is 18.2 Å². The largest absolute Gasteiger partial charge is 0.492 e. The van der Waals surface area contributed by atoms with Crippen LogP contribution in [0.25, 0.3) is 0 Å². The zero-order chi connectivity index (χ0) is 15.8. The van der Waals surface area contributed by atoms with Gasteiger partial charge in [-0.05, 0) is 43.2 Å². The fraction of sp³-hybridized carbons (Fsp3) is 0.353. The lowest BCUT2D eigenvalue weighted by molar-refractivity contribution is -0.120. The smallest absolute Gasteiger partial charge is 0.225 e. The predicted molar refractivity (Wildman–Crippen MR) is 90.4 cm³/mol. The molecule has 1 N–H and O–H groups in total. The van der Waals surface area contributed by atoms with Gasteiger partial charge in [0.25, 0.3) is 0 Å². The Bertz CT molecular complexity index is 582. The molecular formula is C17H22N2O2S. The van der Waals surface area contributed by atoms with Crippen LogP contribution in [0.5, 0.6) is 5.75 Å². The van der Waals surface area contributed by atoms with Crippen molar-refractivity contribution in [2.24, 2.45) is 0 Å². The number of hydrogen-bond donors (Lipinski definition) is 1. The first-order valence-electron chi connectivity index (χ1n) is 7.29. The minimum atomic E-state index is 0.0429. The Kier molecular flexibility index (Phi) is 6.43. The molecule has 0 bridgehead atoms. The van der Waals surface area contributed by atoms with Crippen molar-refractivity contribution in [1.82, 2.24) is 10.2 Å². The van der Waals surface area contributed by atoms with Crippen LogP contribution < -0.4 is 10.1 Å². The summed E-state index contributed by atoms with van der Waals surface area (Å²) in [5.74, 6) is 0.883. The molecule has 1 aromatic heterocycles. The van der Waals surface area contributed by atoms with E-state index in [4.69, 9.17) is 4.74 Å². The summed E-state index contributed by atoms with van der Waals surface area (Å²) < 4.78 is 5.70. The zero-order valence-corrected chi connectivity index (χ0v) is 13.9. The van der Waals surface area contributed by atoms with Gasteiger partial charge in [-0.3, -0.25) is 4.79 Å². The zero-order valence-electron chi connectivity index (χ0n) is 13.0. The summed E-state index contributed by atoms with van der Waals surface area (Å²) in [7, 11) is 4.03. The normalized spacial score (nSPS) is 10.7. The molecular weight excluding hydrogens is 296 g/mol. The molecule has 0 aliphatic rings. The van der Waals surface area contributed by atoms with E-state index in [2.05, 4.69) is 10.2 Å². The van der Waals surface area contributed by atoms with Crippen LogP contribution in [-0.4, -0.2) is 38.1 Å². The number of likely N-dealkylation sites (N-methyl/N-ethyl adjacent to an activating group) is 1. The monoisotopic (exact) mass is 318 g/mol. The van der Waals surface area contributed by atoms with Gasteiger partial charge in [0.2, 0.25) is 5.91 Å². The maximum absolute atomic E-state index is 11.9. The lowest BCUT2D eigenvalue weighted by Gasteiger charge is -2.12. The molecule has 1 aromatic carbocycles. The first-order chi connectivity index (χ1) is 10.6. The van der Waals surface area contributed by atoms with E-state index in [-0.39, 0.29) is 5.91 Å². The van der Waals surface area contributed by atoms with E-state index < -0.39 is 0 Å².